The van der Waals surface area contributed by atoms with Crippen LogP contribution in [0.2, 0.25) is 0 Å². The molecule has 20 heavy (non-hydrogen) atoms. The highest BCUT2D eigenvalue weighted by atomic mass is 32.2. The first-order valence-electron chi connectivity index (χ1n) is 5.74. The number of sulfonamides is 1. The smallest absolute Gasteiger partial charge is 0.352 e. The quantitative estimate of drug-likeness (QED) is 0.576. The Morgan fingerprint density at radius 2 is 2.00 bits per heavy atom. The SMILES string of the molecule is CNC(=O)C(C)(C)CNS(=O)(=O)c1c[nH]c(C(=O)O)c1. The van der Waals surface area contributed by atoms with Crippen molar-refractivity contribution < 1.29 is 23.1 Å². The summed E-state index contributed by atoms with van der Waals surface area (Å²) in [5, 5.41) is 11.2. The van der Waals surface area contributed by atoms with Crippen LogP contribution in [0.25, 0.3) is 0 Å². The van der Waals surface area contributed by atoms with Crippen LogP contribution >= 0.6 is 0 Å². The molecule has 0 spiro atoms. The van der Waals surface area contributed by atoms with Gasteiger partial charge in [-0.2, -0.15) is 0 Å². The van der Waals surface area contributed by atoms with Crippen molar-refractivity contribution >= 4 is 21.9 Å². The van der Waals surface area contributed by atoms with Gasteiger partial charge in [0.15, 0.2) is 0 Å². The number of hydrogen-bond acceptors (Lipinski definition) is 4. The van der Waals surface area contributed by atoms with Crippen molar-refractivity contribution in [2.24, 2.45) is 5.41 Å². The minimum atomic E-state index is -3.87. The molecule has 0 unspecified atom stereocenters. The molecule has 112 valence electrons. The van der Waals surface area contributed by atoms with Crippen LogP contribution in [0, 0.1) is 5.41 Å². The van der Waals surface area contributed by atoms with E-state index in [4.69, 9.17) is 5.11 Å². The normalized spacial score (nSPS) is 12.2. The van der Waals surface area contributed by atoms with Crippen molar-refractivity contribution in [2.75, 3.05) is 13.6 Å². The third-order valence-electron chi connectivity index (χ3n) is 2.74. The molecule has 0 aliphatic heterocycles. The highest BCUT2D eigenvalue weighted by molar-refractivity contribution is 7.89. The fourth-order valence-corrected chi connectivity index (χ4v) is 2.64. The second kappa shape index (κ2) is 5.63. The summed E-state index contributed by atoms with van der Waals surface area (Å²) in [6, 6.07) is 1.01. The van der Waals surface area contributed by atoms with Crippen molar-refractivity contribution in [3.05, 3.63) is 18.0 Å². The van der Waals surface area contributed by atoms with Gasteiger partial charge in [0.25, 0.3) is 0 Å². The average Bonchev–Trinajstić information content (AvgIpc) is 2.86. The predicted molar refractivity (Wildman–Crippen MR) is 70.8 cm³/mol. The van der Waals surface area contributed by atoms with Crippen LogP contribution in [-0.2, 0) is 14.8 Å². The summed E-state index contributed by atoms with van der Waals surface area (Å²) in [4.78, 5) is 24.4. The maximum Gasteiger partial charge on any atom is 0.352 e. The standard InChI is InChI=1S/C11H17N3O5S/c1-11(2,10(17)12-3)6-14-20(18,19)7-4-8(9(15)16)13-5-7/h4-5,13-14H,6H2,1-3H3,(H,12,17)(H,15,16). The van der Waals surface area contributed by atoms with Crippen LogP contribution in [-0.4, -0.2) is 44.0 Å². The number of carbonyl (C=O) groups is 2. The third-order valence-corrected chi connectivity index (χ3v) is 4.12. The lowest BCUT2D eigenvalue weighted by atomic mass is 9.93. The third kappa shape index (κ3) is 3.58. The number of nitrogens with one attached hydrogen (secondary N) is 3. The lowest BCUT2D eigenvalue weighted by molar-refractivity contribution is -0.128. The molecule has 0 fully saturated rings. The van der Waals surface area contributed by atoms with Gasteiger partial charge in [-0.3, -0.25) is 4.79 Å². The molecule has 8 nitrogen and oxygen atoms in total. The number of aromatic amines is 1. The molecule has 0 saturated heterocycles. The number of carboxylic acids is 1. The zero-order valence-electron chi connectivity index (χ0n) is 11.4. The molecule has 0 aromatic carbocycles. The number of carboxylic acid groups (broad SMARTS) is 1. The number of aromatic carboxylic acids is 1. The molecule has 1 heterocycles. The Hall–Kier alpha value is -1.87. The Morgan fingerprint density at radius 3 is 2.45 bits per heavy atom. The van der Waals surface area contributed by atoms with Gasteiger partial charge in [-0.15, -0.1) is 0 Å². The molecule has 0 aliphatic rings. The Bertz CT molecular complexity index is 618. The van der Waals surface area contributed by atoms with Crippen LogP contribution in [0.4, 0.5) is 0 Å². The number of aromatic nitrogens is 1. The maximum atomic E-state index is 12.0. The monoisotopic (exact) mass is 303 g/mol. The number of amides is 1. The average molecular weight is 303 g/mol. The van der Waals surface area contributed by atoms with Gasteiger partial charge in [0.1, 0.15) is 10.6 Å². The molecule has 1 amide bonds. The van der Waals surface area contributed by atoms with Crippen molar-refractivity contribution in [3.8, 4) is 0 Å². The van der Waals surface area contributed by atoms with E-state index in [0.29, 0.717) is 0 Å². The summed E-state index contributed by atoms with van der Waals surface area (Å²) in [5.74, 6) is -1.56. The van der Waals surface area contributed by atoms with Crippen LogP contribution in [0.5, 0.6) is 0 Å². The molecule has 0 atom stereocenters. The summed E-state index contributed by atoms with van der Waals surface area (Å²) in [7, 11) is -2.41. The topological polar surface area (TPSA) is 128 Å². The van der Waals surface area contributed by atoms with E-state index in [-0.39, 0.29) is 23.0 Å². The summed E-state index contributed by atoms with van der Waals surface area (Å²) in [6.45, 7) is 3.07. The van der Waals surface area contributed by atoms with E-state index in [2.05, 4.69) is 15.0 Å². The minimum absolute atomic E-state index is 0.109. The van der Waals surface area contributed by atoms with Gasteiger partial charge >= 0.3 is 5.97 Å². The molecule has 1 aromatic heterocycles. The molecule has 0 bridgehead atoms. The Balaban J connectivity index is 2.85. The van der Waals surface area contributed by atoms with Gasteiger partial charge in [0.05, 0.1) is 5.41 Å². The zero-order valence-corrected chi connectivity index (χ0v) is 12.2. The van der Waals surface area contributed by atoms with E-state index in [1.54, 1.807) is 13.8 Å². The first kappa shape index (κ1) is 16.2. The first-order valence-corrected chi connectivity index (χ1v) is 7.22. The highest BCUT2D eigenvalue weighted by Gasteiger charge is 2.29. The molecule has 0 saturated carbocycles. The minimum Gasteiger partial charge on any atom is -0.477 e. The van der Waals surface area contributed by atoms with E-state index in [1.807, 2.05) is 0 Å². The zero-order chi connectivity index (χ0) is 15.6. The lowest BCUT2D eigenvalue weighted by Gasteiger charge is -2.22. The molecule has 0 aliphatic carbocycles. The number of hydrogen-bond donors (Lipinski definition) is 4. The van der Waals surface area contributed by atoms with E-state index in [9.17, 15) is 18.0 Å². The first-order chi connectivity index (χ1) is 9.10. The Labute approximate surface area is 116 Å². The summed E-state index contributed by atoms with van der Waals surface area (Å²) >= 11 is 0. The van der Waals surface area contributed by atoms with Crippen LogP contribution < -0.4 is 10.0 Å². The summed E-state index contributed by atoms with van der Waals surface area (Å²) in [6.07, 6.45) is 1.08. The molecule has 4 N–H and O–H groups in total. The molecular formula is C11H17N3O5S. The second-order valence-electron chi connectivity index (χ2n) is 4.84. The van der Waals surface area contributed by atoms with E-state index >= 15 is 0 Å². The van der Waals surface area contributed by atoms with Crippen LogP contribution in [0.15, 0.2) is 17.2 Å². The molecule has 0 radical (unpaired) electrons. The van der Waals surface area contributed by atoms with Crippen molar-refractivity contribution in [1.82, 2.24) is 15.0 Å². The summed E-state index contributed by atoms with van der Waals surface area (Å²) in [5.41, 5.74) is -1.15. The predicted octanol–water partition coefficient (Wildman–Crippen LogP) is -0.237. The van der Waals surface area contributed by atoms with Crippen LogP contribution in [0.3, 0.4) is 0 Å². The molecular weight excluding hydrogens is 286 g/mol. The fraction of sp³-hybridized carbons (Fsp3) is 0.455. The van der Waals surface area contributed by atoms with Crippen molar-refractivity contribution in [1.29, 1.82) is 0 Å². The van der Waals surface area contributed by atoms with Gasteiger partial charge in [-0.1, -0.05) is 0 Å². The summed E-state index contributed by atoms with van der Waals surface area (Å²) < 4.78 is 26.2. The Morgan fingerprint density at radius 1 is 1.40 bits per heavy atom. The van der Waals surface area contributed by atoms with Crippen molar-refractivity contribution in [3.63, 3.8) is 0 Å². The van der Waals surface area contributed by atoms with Gasteiger partial charge in [-0.05, 0) is 19.9 Å². The lowest BCUT2D eigenvalue weighted by Crippen LogP contribution is -2.43. The van der Waals surface area contributed by atoms with Crippen molar-refractivity contribution in [2.45, 2.75) is 18.7 Å². The number of rotatable bonds is 6. The maximum absolute atomic E-state index is 12.0. The largest absolute Gasteiger partial charge is 0.477 e. The van der Waals surface area contributed by atoms with E-state index < -0.39 is 21.4 Å². The fourth-order valence-electron chi connectivity index (χ4n) is 1.43. The molecule has 1 aromatic rings. The second-order valence-corrected chi connectivity index (χ2v) is 6.61. The number of carbonyl (C=O) groups excluding carboxylic acids is 1. The van der Waals surface area contributed by atoms with E-state index in [0.717, 1.165) is 12.3 Å². The van der Waals surface area contributed by atoms with Gasteiger partial charge < -0.3 is 15.4 Å². The highest BCUT2D eigenvalue weighted by Crippen LogP contribution is 2.16. The number of H-pyrrole nitrogens is 1. The Kier molecular flexibility index (Phi) is 4.56. The molecule has 1 rings (SSSR count). The van der Waals surface area contributed by atoms with Gasteiger partial charge in [0, 0.05) is 19.8 Å². The van der Waals surface area contributed by atoms with Gasteiger partial charge in [-0.25, -0.2) is 17.9 Å². The van der Waals surface area contributed by atoms with Gasteiger partial charge in [0.2, 0.25) is 15.9 Å². The van der Waals surface area contributed by atoms with E-state index in [1.165, 1.54) is 7.05 Å². The van der Waals surface area contributed by atoms with Crippen LogP contribution in [0.1, 0.15) is 24.3 Å². The molecule has 9 heteroatoms.